The highest BCUT2D eigenvalue weighted by molar-refractivity contribution is 5.72. The molecule has 1 aliphatic rings. The van der Waals surface area contributed by atoms with E-state index in [2.05, 4.69) is 36.9 Å². The Labute approximate surface area is 192 Å². The molecule has 32 heavy (non-hydrogen) atoms. The molecule has 1 aliphatic heterocycles. The highest BCUT2D eigenvalue weighted by atomic mass is 16.5. The molecule has 0 saturated carbocycles. The number of ether oxygens (including phenoxy) is 1. The first-order chi connectivity index (χ1) is 15.2. The number of amides is 1. The van der Waals surface area contributed by atoms with Gasteiger partial charge >= 0.3 is 0 Å². The molecule has 1 fully saturated rings. The van der Waals surface area contributed by atoms with Gasteiger partial charge in [-0.25, -0.2) is 9.97 Å². The van der Waals surface area contributed by atoms with Gasteiger partial charge in [0.05, 0.1) is 18.3 Å². The number of para-hydroxylation sites is 1. The lowest BCUT2D eigenvalue weighted by Gasteiger charge is -2.32. The van der Waals surface area contributed by atoms with E-state index in [4.69, 9.17) is 14.7 Å². The van der Waals surface area contributed by atoms with Crippen LogP contribution in [-0.2, 0) is 17.9 Å². The predicted molar refractivity (Wildman–Crippen MR) is 128 cm³/mol. The number of carbonyl (C=O) groups is 1. The number of rotatable bonds is 8. The lowest BCUT2D eigenvalue weighted by molar-refractivity contribution is -0.128. The summed E-state index contributed by atoms with van der Waals surface area (Å²) in [5, 5.41) is 0. The summed E-state index contributed by atoms with van der Waals surface area (Å²) in [5.74, 6) is 3.13. The van der Waals surface area contributed by atoms with Crippen molar-refractivity contribution in [3.8, 4) is 5.75 Å². The molecule has 7 heteroatoms. The first-order valence-corrected chi connectivity index (χ1v) is 11.5. The maximum Gasteiger partial charge on any atom is 0.219 e. The highest BCUT2D eigenvalue weighted by Gasteiger charge is 2.25. The summed E-state index contributed by atoms with van der Waals surface area (Å²) < 4.78 is 6.00. The fraction of sp³-hybridized carbons (Fsp3) is 0.560. The lowest BCUT2D eigenvalue weighted by atomic mass is 9.95. The van der Waals surface area contributed by atoms with Gasteiger partial charge in [-0.3, -0.25) is 9.69 Å². The van der Waals surface area contributed by atoms with Gasteiger partial charge in [-0.05, 0) is 45.8 Å². The number of likely N-dealkylation sites (tertiary alicyclic amines) is 1. The van der Waals surface area contributed by atoms with E-state index < -0.39 is 0 Å². The van der Waals surface area contributed by atoms with Crippen LogP contribution >= 0.6 is 0 Å². The van der Waals surface area contributed by atoms with E-state index in [0.717, 1.165) is 55.6 Å². The maximum absolute atomic E-state index is 11.7. The zero-order valence-corrected chi connectivity index (χ0v) is 20.3. The number of anilines is 1. The number of carbonyl (C=O) groups excluding carboxylic acids is 1. The molecule has 174 valence electrons. The molecule has 0 N–H and O–H groups in total. The number of piperidine rings is 1. The van der Waals surface area contributed by atoms with Crippen LogP contribution in [0.3, 0.4) is 0 Å². The quantitative estimate of drug-likeness (QED) is 0.625. The molecule has 0 spiro atoms. The van der Waals surface area contributed by atoms with Gasteiger partial charge in [-0.15, -0.1) is 0 Å². The third-order valence-corrected chi connectivity index (χ3v) is 5.86. The second-order valence-electron chi connectivity index (χ2n) is 9.17. The van der Waals surface area contributed by atoms with Crippen LogP contribution in [0.5, 0.6) is 5.75 Å². The van der Waals surface area contributed by atoms with E-state index in [0.29, 0.717) is 12.5 Å². The van der Waals surface area contributed by atoms with Gasteiger partial charge < -0.3 is 14.5 Å². The van der Waals surface area contributed by atoms with E-state index in [-0.39, 0.29) is 12.0 Å². The third-order valence-electron chi connectivity index (χ3n) is 5.86. The van der Waals surface area contributed by atoms with Crippen molar-refractivity contribution in [3.05, 3.63) is 47.4 Å². The van der Waals surface area contributed by atoms with Gasteiger partial charge in [-0.2, -0.15) is 0 Å². The average molecular weight is 440 g/mol. The normalized spacial score (nSPS) is 15.1. The largest absolute Gasteiger partial charge is 0.491 e. The third kappa shape index (κ3) is 6.42. The van der Waals surface area contributed by atoms with Crippen molar-refractivity contribution in [3.63, 3.8) is 0 Å². The van der Waals surface area contributed by atoms with Crippen LogP contribution in [-0.4, -0.2) is 66.0 Å². The van der Waals surface area contributed by atoms with Crippen molar-refractivity contribution < 1.29 is 9.53 Å². The van der Waals surface area contributed by atoms with Crippen LogP contribution in [0.2, 0.25) is 0 Å². The summed E-state index contributed by atoms with van der Waals surface area (Å²) in [5.41, 5.74) is 2.12. The molecule has 2 heterocycles. The van der Waals surface area contributed by atoms with Crippen LogP contribution in [0.25, 0.3) is 0 Å². The molecule has 1 saturated heterocycles. The lowest BCUT2D eigenvalue weighted by Crippen LogP contribution is -2.33. The molecule has 0 radical (unpaired) electrons. The van der Waals surface area contributed by atoms with Gasteiger partial charge in [0.25, 0.3) is 0 Å². The summed E-state index contributed by atoms with van der Waals surface area (Å²) in [6.07, 6.45) is 2.21. The molecule has 1 amide bonds. The summed E-state index contributed by atoms with van der Waals surface area (Å²) in [6.45, 7) is 9.09. The number of benzene rings is 1. The molecule has 0 atom stereocenters. The van der Waals surface area contributed by atoms with E-state index in [1.165, 1.54) is 5.56 Å². The Kier molecular flexibility index (Phi) is 8.07. The highest BCUT2D eigenvalue weighted by Crippen LogP contribution is 2.29. The second kappa shape index (κ2) is 10.8. The Morgan fingerprint density at radius 1 is 1.16 bits per heavy atom. The SMILES string of the molecule is CC(=O)N(C)Cc1cc(N(C)C)nc(C2CCN(Cc3ccccc3OC(C)C)CC2)n1. The molecule has 2 aromatic rings. The monoisotopic (exact) mass is 439 g/mol. The molecule has 0 aliphatic carbocycles. The molecule has 1 aromatic carbocycles. The van der Waals surface area contributed by atoms with E-state index >= 15 is 0 Å². The minimum atomic E-state index is 0.0339. The molecule has 0 unspecified atom stereocenters. The number of hydrogen-bond donors (Lipinski definition) is 0. The summed E-state index contributed by atoms with van der Waals surface area (Å²) >= 11 is 0. The molecule has 3 rings (SSSR count). The molecule has 0 bridgehead atoms. The smallest absolute Gasteiger partial charge is 0.219 e. The topological polar surface area (TPSA) is 61.8 Å². The molecule has 1 aromatic heterocycles. The maximum atomic E-state index is 11.7. The predicted octanol–water partition coefficient (Wildman–Crippen LogP) is 3.69. The number of nitrogens with zero attached hydrogens (tertiary/aromatic N) is 5. The molecule has 7 nitrogen and oxygen atoms in total. The van der Waals surface area contributed by atoms with Crippen molar-refractivity contribution in [1.29, 1.82) is 0 Å². The van der Waals surface area contributed by atoms with Crippen molar-refractivity contribution >= 4 is 11.7 Å². The fourth-order valence-corrected chi connectivity index (χ4v) is 3.94. The minimum Gasteiger partial charge on any atom is -0.491 e. The Morgan fingerprint density at radius 2 is 1.84 bits per heavy atom. The Balaban J connectivity index is 1.68. The van der Waals surface area contributed by atoms with Crippen LogP contribution in [0.15, 0.2) is 30.3 Å². The number of hydrogen-bond acceptors (Lipinski definition) is 6. The molecular weight excluding hydrogens is 402 g/mol. The minimum absolute atomic E-state index is 0.0339. The van der Waals surface area contributed by atoms with Gasteiger partial charge in [0.2, 0.25) is 5.91 Å². The first kappa shape index (κ1) is 24.0. The average Bonchev–Trinajstić information content (AvgIpc) is 2.75. The van der Waals surface area contributed by atoms with Gasteiger partial charge in [0, 0.05) is 52.2 Å². The zero-order chi connectivity index (χ0) is 23.3. The second-order valence-corrected chi connectivity index (χ2v) is 9.17. The Hall–Kier alpha value is -2.67. The first-order valence-electron chi connectivity index (χ1n) is 11.5. The van der Waals surface area contributed by atoms with Crippen LogP contribution in [0.4, 0.5) is 5.82 Å². The van der Waals surface area contributed by atoms with Gasteiger partial charge in [-0.1, -0.05) is 18.2 Å². The summed E-state index contributed by atoms with van der Waals surface area (Å²) in [4.78, 5) is 27.5. The van der Waals surface area contributed by atoms with Crippen LogP contribution in [0.1, 0.15) is 56.6 Å². The van der Waals surface area contributed by atoms with Crippen molar-refractivity contribution in [2.24, 2.45) is 0 Å². The van der Waals surface area contributed by atoms with Gasteiger partial charge in [0.15, 0.2) is 0 Å². The fourth-order valence-electron chi connectivity index (χ4n) is 3.94. The summed E-state index contributed by atoms with van der Waals surface area (Å²) in [7, 11) is 5.78. The van der Waals surface area contributed by atoms with Crippen molar-refractivity contribution in [2.75, 3.05) is 39.1 Å². The summed E-state index contributed by atoms with van der Waals surface area (Å²) in [6, 6.07) is 10.3. The van der Waals surface area contributed by atoms with Crippen LogP contribution in [0, 0.1) is 0 Å². The Morgan fingerprint density at radius 3 is 2.47 bits per heavy atom. The van der Waals surface area contributed by atoms with Crippen molar-refractivity contribution in [2.45, 2.75) is 58.7 Å². The van der Waals surface area contributed by atoms with E-state index in [1.807, 2.05) is 31.1 Å². The van der Waals surface area contributed by atoms with Crippen molar-refractivity contribution in [1.82, 2.24) is 19.8 Å². The zero-order valence-electron chi connectivity index (χ0n) is 20.3. The molecular formula is C25H37N5O2. The van der Waals surface area contributed by atoms with E-state index in [1.54, 1.807) is 18.9 Å². The van der Waals surface area contributed by atoms with Crippen LogP contribution < -0.4 is 9.64 Å². The number of aromatic nitrogens is 2. The van der Waals surface area contributed by atoms with Gasteiger partial charge in [0.1, 0.15) is 17.4 Å². The standard InChI is InChI=1S/C25H37N5O2/c1-18(2)32-23-10-8-7-9-21(23)16-30-13-11-20(12-14-30)25-26-22(17-29(6)19(3)31)15-24(27-25)28(4)5/h7-10,15,18,20H,11-14,16-17H2,1-6H3. The van der Waals surface area contributed by atoms with E-state index in [9.17, 15) is 4.79 Å². The Bertz CT molecular complexity index is 907.